The molecule has 0 fully saturated rings. The third kappa shape index (κ3) is 1.95. The number of thiophene rings is 1. The molecule has 14 heavy (non-hydrogen) atoms. The molecule has 1 atom stereocenters. The van der Waals surface area contributed by atoms with Crippen molar-refractivity contribution in [3.8, 4) is 0 Å². The maximum Gasteiger partial charge on any atom is 0.0976 e. The van der Waals surface area contributed by atoms with E-state index in [1.54, 1.807) is 29.6 Å². The van der Waals surface area contributed by atoms with Crippen LogP contribution in [0.1, 0.15) is 4.88 Å². The quantitative estimate of drug-likeness (QED) is 0.735. The van der Waals surface area contributed by atoms with E-state index in [-0.39, 0.29) is 0 Å². The van der Waals surface area contributed by atoms with Crippen LogP contribution in [0, 0.1) is 0 Å². The topological polar surface area (TPSA) is 46.2 Å². The second-order valence-electron chi connectivity index (χ2n) is 3.11. The Labute approximate surface area is 86.7 Å². The van der Waals surface area contributed by atoms with Gasteiger partial charge in [0.1, 0.15) is 0 Å². The lowest BCUT2D eigenvalue weighted by Gasteiger charge is -2.12. The van der Waals surface area contributed by atoms with Crippen LogP contribution in [0.3, 0.4) is 0 Å². The largest absolute Gasteiger partial charge is 0.399 e. The first-order valence-electron chi connectivity index (χ1n) is 4.34. The van der Waals surface area contributed by atoms with Crippen molar-refractivity contribution in [2.45, 2.75) is 6.10 Å². The van der Waals surface area contributed by atoms with E-state index in [0.29, 0.717) is 5.70 Å². The SMILES string of the molecule is NC1=CC(=Cc2cccs2)C(O)C=C1. The maximum absolute atomic E-state index is 9.63. The summed E-state index contributed by atoms with van der Waals surface area (Å²) >= 11 is 1.64. The van der Waals surface area contributed by atoms with Crippen molar-refractivity contribution in [2.24, 2.45) is 5.73 Å². The van der Waals surface area contributed by atoms with Crippen LogP contribution >= 0.6 is 11.3 Å². The molecule has 0 spiro atoms. The van der Waals surface area contributed by atoms with Gasteiger partial charge in [-0.3, -0.25) is 0 Å². The van der Waals surface area contributed by atoms with Crippen LogP contribution in [0.5, 0.6) is 0 Å². The van der Waals surface area contributed by atoms with Gasteiger partial charge in [-0.15, -0.1) is 11.3 Å². The Morgan fingerprint density at radius 3 is 3.07 bits per heavy atom. The third-order valence-corrected chi connectivity index (χ3v) is 2.82. The molecule has 0 radical (unpaired) electrons. The van der Waals surface area contributed by atoms with E-state index >= 15 is 0 Å². The van der Waals surface area contributed by atoms with Crippen molar-refractivity contribution in [2.75, 3.05) is 0 Å². The average molecular weight is 205 g/mol. The predicted molar refractivity (Wildman–Crippen MR) is 59.7 cm³/mol. The standard InChI is InChI=1S/C11H11NOS/c12-9-3-4-11(13)8(6-9)7-10-2-1-5-14-10/h1-7,11,13H,12H2. The molecule has 0 amide bonds. The zero-order valence-electron chi connectivity index (χ0n) is 7.55. The van der Waals surface area contributed by atoms with Crippen LogP contribution in [-0.2, 0) is 0 Å². The van der Waals surface area contributed by atoms with Gasteiger partial charge in [-0.05, 0) is 41.3 Å². The number of nitrogens with two attached hydrogens (primary N) is 1. The van der Waals surface area contributed by atoms with E-state index in [0.717, 1.165) is 10.5 Å². The van der Waals surface area contributed by atoms with E-state index in [2.05, 4.69) is 0 Å². The monoisotopic (exact) mass is 205 g/mol. The second kappa shape index (κ2) is 3.82. The minimum Gasteiger partial charge on any atom is -0.399 e. The van der Waals surface area contributed by atoms with Gasteiger partial charge >= 0.3 is 0 Å². The lowest BCUT2D eigenvalue weighted by molar-refractivity contribution is 0.263. The van der Waals surface area contributed by atoms with Crippen molar-refractivity contribution in [3.05, 3.63) is 51.9 Å². The van der Waals surface area contributed by atoms with E-state index in [9.17, 15) is 5.11 Å². The number of allylic oxidation sites excluding steroid dienone is 1. The normalized spacial score (nSPS) is 23.9. The first-order valence-corrected chi connectivity index (χ1v) is 5.22. The van der Waals surface area contributed by atoms with Crippen LogP contribution < -0.4 is 5.73 Å². The molecule has 0 saturated carbocycles. The number of hydrogen-bond acceptors (Lipinski definition) is 3. The van der Waals surface area contributed by atoms with Gasteiger partial charge in [-0.1, -0.05) is 6.07 Å². The summed E-state index contributed by atoms with van der Waals surface area (Å²) in [5, 5.41) is 11.6. The Morgan fingerprint density at radius 1 is 1.50 bits per heavy atom. The van der Waals surface area contributed by atoms with Crippen molar-refractivity contribution in [3.63, 3.8) is 0 Å². The summed E-state index contributed by atoms with van der Waals surface area (Å²) in [4.78, 5) is 1.12. The summed E-state index contributed by atoms with van der Waals surface area (Å²) in [5.74, 6) is 0. The zero-order chi connectivity index (χ0) is 9.97. The van der Waals surface area contributed by atoms with Crippen LogP contribution in [0.2, 0.25) is 0 Å². The molecule has 1 unspecified atom stereocenters. The van der Waals surface area contributed by atoms with Gasteiger partial charge in [-0.2, -0.15) is 0 Å². The van der Waals surface area contributed by atoms with Gasteiger partial charge in [0.05, 0.1) is 6.10 Å². The minimum absolute atomic E-state index is 0.538. The van der Waals surface area contributed by atoms with E-state index in [4.69, 9.17) is 5.73 Å². The number of rotatable bonds is 1. The molecule has 1 aromatic heterocycles. The molecular formula is C11H11NOS. The molecule has 3 heteroatoms. The van der Waals surface area contributed by atoms with Crippen molar-refractivity contribution >= 4 is 17.4 Å². The van der Waals surface area contributed by atoms with Gasteiger partial charge in [0.25, 0.3) is 0 Å². The van der Waals surface area contributed by atoms with Crippen molar-refractivity contribution in [1.82, 2.24) is 0 Å². The van der Waals surface area contributed by atoms with E-state index < -0.39 is 6.10 Å². The lowest BCUT2D eigenvalue weighted by atomic mass is 10.0. The highest BCUT2D eigenvalue weighted by Gasteiger charge is 2.09. The van der Waals surface area contributed by atoms with Crippen molar-refractivity contribution < 1.29 is 5.11 Å². The molecule has 2 nitrogen and oxygen atoms in total. The van der Waals surface area contributed by atoms with Crippen LogP contribution in [-0.4, -0.2) is 11.2 Å². The van der Waals surface area contributed by atoms with Gasteiger partial charge < -0.3 is 10.8 Å². The summed E-state index contributed by atoms with van der Waals surface area (Å²) in [6.45, 7) is 0. The highest BCUT2D eigenvalue weighted by molar-refractivity contribution is 7.10. The van der Waals surface area contributed by atoms with Crippen LogP contribution in [0.4, 0.5) is 0 Å². The van der Waals surface area contributed by atoms with Gasteiger partial charge in [0.2, 0.25) is 0 Å². The first kappa shape index (κ1) is 9.24. The summed E-state index contributed by atoms with van der Waals surface area (Å²) in [7, 11) is 0. The second-order valence-corrected chi connectivity index (χ2v) is 4.09. The first-order chi connectivity index (χ1) is 6.75. The molecule has 3 N–H and O–H groups in total. The highest BCUT2D eigenvalue weighted by atomic mass is 32.1. The molecule has 1 aliphatic rings. The van der Waals surface area contributed by atoms with Crippen molar-refractivity contribution in [1.29, 1.82) is 0 Å². The van der Waals surface area contributed by atoms with Gasteiger partial charge in [-0.25, -0.2) is 0 Å². The molecule has 0 bridgehead atoms. The lowest BCUT2D eigenvalue weighted by Crippen LogP contribution is -2.11. The Hall–Kier alpha value is -1.32. The third-order valence-electron chi connectivity index (χ3n) is 2.00. The molecule has 1 aliphatic carbocycles. The number of aliphatic hydroxyl groups is 1. The Bertz CT molecular complexity index is 401. The molecule has 72 valence electrons. The van der Waals surface area contributed by atoms with E-state index in [1.807, 2.05) is 23.6 Å². The Morgan fingerprint density at radius 2 is 2.36 bits per heavy atom. The number of aliphatic hydroxyl groups excluding tert-OH is 1. The fraction of sp³-hybridized carbons (Fsp3) is 0.0909. The molecular weight excluding hydrogens is 194 g/mol. The fourth-order valence-corrected chi connectivity index (χ4v) is 1.98. The predicted octanol–water partition coefficient (Wildman–Crippen LogP) is 1.90. The summed E-state index contributed by atoms with van der Waals surface area (Å²) in [6, 6.07) is 3.99. The molecule has 0 aromatic carbocycles. The Kier molecular flexibility index (Phi) is 2.52. The smallest absolute Gasteiger partial charge is 0.0976 e. The summed E-state index contributed by atoms with van der Waals surface area (Å²) in [5.41, 5.74) is 7.16. The average Bonchev–Trinajstić information content (AvgIpc) is 2.64. The summed E-state index contributed by atoms with van der Waals surface area (Å²) in [6.07, 6.45) is 6.62. The minimum atomic E-state index is -0.538. The molecule has 0 saturated heterocycles. The molecule has 1 heterocycles. The maximum atomic E-state index is 9.63. The zero-order valence-corrected chi connectivity index (χ0v) is 8.37. The van der Waals surface area contributed by atoms with E-state index in [1.165, 1.54) is 0 Å². The molecule has 2 rings (SSSR count). The highest BCUT2D eigenvalue weighted by Crippen LogP contribution is 2.20. The number of hydrogen-bond donors (Lipinski definition) is 2. The van der Waals surface area contributed by atoms with Gasteiger partial charge in [0.15, 0.2) is 0 Å². The molecule has 0 aliphatic heterocycles. The van der Waals surface area contributed by atoms with Crippen LogP contribution in [0.15, 0.2) is 47.0 Å². The molecule has 1 aromatic rings. The van der Waals surface area contributed by atoms with Gasteiger partial charge in [0, 0.05) is 10.6 Å². The Balaban J connectivity index is 2.30. The fourth-order valence-electron chi connectivity index (χ4n) is 1.30. The summed E-state index contributed by atoms with van der Waals surface area (Å²) < 4.78 is 0. The van der Waals surface area contributed by atoms with Crippen LogP contribution in [0.25, 0.3) is 6.08 Å².